The zero-order valence-corrected chi connectivity index (χ0v) is 14.0. The third-order valence-corrected chi connectivity index (χ3v) is 3.74. The number of aromatic nitrogens is 1. The van der Waals surface area contributed by atoms with E-state index in [1.165, 1.54) is 16.2 Å². The quantitative estimate of drug-likeness (QED) is 0.708. The van der Waals surface area contributed by atoms with E-state index in [1.54, 1.807) is 17.7 Å². The van der Waals surface area contributed by atoms with Gasteiger partial charge in [0.15, 0.2) is 5.13 Å². The molecule has 0 bridgehead atoms. The maximum Gasteiger partial charge on any atom is 0.249 e. The van der Waals surface area contributed by atoms with Gasteiger partial charge in [0, 0.05) is 18.1 Å². The fourth-order valence-corrected chi connectivity index (χ4v) is 2.49. The lowest BCUT2D eigenvalue weighted by molar-refractivity contribution is -0.138. The van der Waals surface area contributed by atoms with Crippen LogP contribution in [0.15, 0.2) is 54.6 Å². The summed E-state index contributed by atoms with van der Waals surface area (Å²) in [6.07, 6.45) is 3.18. The fourth-order valence-electron chi connectivity index (χ4n) is 1.95. The Bertz CT molecular complexity index is 659. The molecule has 0 radical (unpaired) electrons. The van der Waals surface area contributed by atoms with Gasteiger partial charge in [-0.15, -0.1) is 17.9 Å². The van der Waals surface area contributed by atoms with Gasteiger partial charge >= 0.3 is 0 Å². The number of amides is 2. The van der Waals surface area contributed by atoms with Crippen LogP contribution < -0.4 is 5.32 Å². The van der Waals surface area contributed by atoms with Crippen LogP contribution in [0, 0.1) is 0 Å². The van der Waals surface area contributed by atoms with Crippen LogP contribution in [0.5, 0.6) is 0 Å². The zero-order valence-electron chi connectivity index (χ0n) is 13.2. The molecule has 2 rings (SSSR count). The molecule has 2 amide bonds. The van der Waals surface area contributed by atoms with Crippen LogP contribution >= 0.6 is 11.3 Å². The van der Waals surface area contributed by atoms with Gasteiger partial charge in [-0.2, -0.15) is 0 Å². The van der Waals surface area contributed by atoms with Crippen molar-refractivity contribution in [3.8, 4) is 0 Å². The summed E-state index contributed by atoms with van der Waals surface area (Å²) < 4.78 is 5.43. The van der Waals surface area contributed by atoms with E-state index >= 15 is 0 Å². The van der Waals surface area contributed by atoms with Crippen molar-refractivity contribution in [2.75, 3.05) is 25.0 Å². The molecule has 0 saturated carbocycles. The first-order valence-corrected chi connectivity index (χ1v) is 8.26. The lowest BCUT2D eigenvalue weighted by Gasteiger charge is -2.20. The molecule has 1 N–H and O–H groups in total. The number of rotatable bonds is 9. The second kappa shape index (κ2) is 9.59. The SMILES string of the molecule is C=CCN(CC(=O)Nc1nccs1)C(=O)COCc1ccccc1. The fraction of sp³-hybridized carbons (Fsp3) is 0.235. The highest BCUT2D eigenvalue weighted by Crippen LogP contribution is 2.10. The predicted octanol–water partition coefficient (Wildman–Crippen LogP) is 2.31. The summed E-state index contributed by atoms with van der Waals surface area (Å²) in [5, 5.41) is 4.92. The van der Waals surface area contributed by atoms with Gasteiger partial charge in [-0.25, -0.2) is 4.98 Å². The van der Waals surface area contributed by atoms with Crippen molar-refractivity contribution < 1.29 is 14.3 Å². The molecule has 6 nitrogen and oxygen atoms in total. The standard InChI is InChI=1S/C17H19N3O3S/c1-2-9-20(11-15(21)19-17-18-8-10-24-17)16(22)13-23-12-14-6-4-3-5-7-14/h2-8,10H,1,9,11-13H2,(H,18,19,21). The minimum atomic E-state index is -0.303. The molecule has 0 spiro atoms. The average molecular weight is 345 g/mol. The topological polar surface area (TPSA) is 71.5 Å². The van der Waals surface area contributed by atoms with Crippen LogP contribution in [0.4, 0.5) is 5.13 Å². The van der Waals surface area contributed by atoms with E-state index in [1.807, 2.05) is 30.3 Å². The van der Waals surface area contributed by atoms with Crippen molar-refractivity contribution in [1.29, 1.82) is 0 Å². The van der Waals surface area contributed by atoms with Gasteiger partial charge in [0.05, 0.1) is 6.61 Å². The number of nitrogens with one attached hydrogen (secondary N) is 1. The Hall–Kier alpha value is -2.51. The molecule has 0 atom stereocenters. The number of anilines is 1. The minimum absolute atomic E-state index is 0.0703. The van der Waals surface area contributed by atoms with Crippen LogP contribution in [0.2, 0.25) is 0 Å². The third-order valence-electron chi connectivity index (χ3n) is 3.05. The molecule has 1 aromatic carbocycles. The molecule has 0 aliphatic rings. The molecule has 0 unspecified atom stereocenters. The Balaban J connectivity index is 1.80. The molecule has 2 aromatic rings. The summed E-state index contributed by atoms with van der Waals surface area (Å²) in [5.41, 5.74) is 0.988. The van der Waals surface area contributed by atoms with Gasteiger partial charge in [-0.3, -0.25) is 9.59 Å². The summed E-state index contributed by atoms with van der Waals surface area (Å²) in [6, 6.07) is 9.59. The molecule has 1 aromatic heterocycles. The van der Waals surface area contributed by atoms with Crippen LogP contribution in [0.3, 0.4) is 0 Å². The molecule has 126 valence electrons. The van der Waals surface area contributed by atoms with E-state index < -0.39 is 0 Å². The Kier molecular flexibility index (Phi) is 7.13. The Morgan fingerprint density at radius 3 is 2.79 bits per heavy atom. The summed E-state index contributed by atoms with van der Waals surface area (Å²) in [6.45, 7) is 4.08. The van der Waals surface area contributed by atoms with Gasteiger partial charge in [0.2, 0.25) is 11.8 Å². The van der Waals surface area contributed by atoms with Crippen molar-refractivity contribution >= 4 is 28.3 Å². The number of hydrogen-bond acceptors (Lipinski definition) is 5. The van der Waals surface area contributed by atoms with Gasteiger partial charge < -0.3 is 15.0 Å². The third kappa shape index (κ3) is 5.94. The van der Waals surface area contributed by atoms with Crippen molar-refractivity contribution in [2.24, 2.45) is 0 Å². The largest absolute Gasteiger partial charge is 0.367 e. The van der Waals surface area contributed by atoms with E-state index in [9.17, 15) is 9.59 Å². The molecule has 0 aliphatic heterocycles. The van der Waals surface area contributed by atoms with Crippen molar-refractivity contribution in [1.82, 2.24) is 9.88 Å². The van der Waals surface area contributed by atoms with Crippen molar-refractivity contribution in [2.45, 2.75) is 6.61 Å². The Labute approximate surface area is 144 Å². The summed E-state index contributed by atoms with van der Waals surface area (Å²) >= 11 is 1.32. The van der Waals surface area contributed by atoms with Crippen LogP contribution in [0.25, 0.3) is 0 Å². The number of carbonyl (C=O) groups excluding carboxylic acids is 2. The first-order valence-electron chi connectivity index (χ1n) is 7.38. The highest BCUT2D eigenvalue weighted by Gasteiger charge is 2.16. The molecule has 0 fully saturated rings. The summed E-state index contributed by atoms with van der Waals surface area (Å²) in [4.78, 5) is 29.6. The van der Waals surface area contributed by atoms with E-state index in [-0.39, 0.29) is 31.5 Å². The number of thiazole rings is 1. The Morgan fingerprint density at radius 2 is 2.12 bits per heavy atom. The number of ether oxygens (including phenoxy) is 1. The Morgan fingerprint density at radius 1 is 1.33 bits per heavy atom. The van der Waals surface area contributed by atoms with Crippen LogP contribution in [0.1, 0.15) is 5.56 Å². The van der Waals surface area contributed by atoms with E-state index in [4.69, 9.17) is 4.74 Å². The van der Waals surface area contributed by atoms with Crippen molar-refractivity contribution in [3.63, 3.8) is 0 Å². The first-order chi connectivity index (χ1) is 11.7. The highest BCUT2D eigenvalue weighted by atomic mass is 32.1. The smallest absolute Gasteiger partial charge is 0.249 e. The predicted molar refractivity (Wildman–Crippen MR) is 93.6 cm³/mol. The molecule has 0 aliphatic carbocycles. The first kappa shape index (κ1) is 17.8. The lowest BCUT2D eigenvalue weighted by Crippen LogP contribution is -2.40. The maximum absolute atomic E-state index is 12.2. The number of benzene rings is 1. The van der Waals surface area contributed by atoms with Gasteiger partial charge in [-0.05, 0) is 5.56 Å². The van der Waals surface area contributed by atoms with Gasteiger partial charge in [0.25, 0.3) is 0 Å². The lowest BCUT2D eigenvalue weighted by atomic mass is 10.2. The maximum atomic E-state index is 12.2. The monoisotopic (exact) mass is 345 g/mol. The molecular weight excluding hydrogens is 326 g/mol. The van der Waals surface area contributed by atoms with E-state index in [0.29, 0.717) is 11.7 Å². The van der Waals surface area contributed by atoms with Crippen molar-refractivity contribution in [3.05, 3.63) is 60.1 Å². The summed E-state index contributed by atoms with van der Waals surface area (Å²) in [5.74, 6) is -0.566. The number of carbonyl (C=O) groups is 2. The van der Waals surface area contributed by atoms with Gasteiger partial charge in [-0.1, -0.05) is 36.4 Å². The van der Waals surface area contributed by atoms with E-state index in [0.717, 1.165) is 5.56 Å². The number of hydrogen-bond donors (Lipinski definition) is 1. The van der Waals surface area contributed by atoms with Crippen LogP contribution in [-0.2, 0) is 20.9 Å². The van der Waals surface area contributed by atoms with E-state index in [2.05, 4.69) is 16.9 Å². The molecule has 1 heterocycles. The zero-order chi connectivity index (χ0) is 17.2. The second-order valence-electron chi connectivity index (χ2n) is 4.93. The highest BCUT2D eigenvalue weighted by molar-refractivity contribution is 7.13. The number of nitrogens with zero attached hydrogens (tertiary/aromatic N) is 2. The second-order valence-corrected chi connectivity index (χ2v) is 5.82. The minimum Gasteiger partial charge on any atom is -0.367 e. The average Bonchev–Trinajstić information content (AvgIpc) is 3.08. The summed E-state index contributed by atoms with van der Waals surface area (Å²) in [7, 11) is 0. The van der Waals surface area contributed by atoms with Crippen LogP contribution in [-0.4, -0.2) is 41.4 Å². The normalized spacial score (nSPS) is 10.2. The molecule has 7 heteroatoms. The molecular formula is C17H19N3O3S. The van der Waals surface area contributed by atoms with Gasteiger partial charge in [0.1, 0.15) is 13.2 Å². The molecule has 24 heavy (non-hydrogen) atoms. The molecule has 0 saturated heterocycles.